The van der Waals surface area contributed by atoms with Crippen molar-refractivity contribution in [1.29, 1.82) is 0 Å². The van der Waals surface area contributed by atoms with Crippen molar-refractivity contribution in [3.8, 4) is 0 Å². The summed E-state index contributed by atoms with van der Waals surface area (Å²) in [4.78, 5) is 20.9. The third-order valence-corrected chi connectivity index (χ3v) is 6.03. The lowest BCUT2D eigenvalue weighted by molar-refractivity contribution is -0.0298. The first kappa shape index (κ1) is 18.3. The zero-order chi connectivity index (χ0) is 18.0. The number of carbonyl (C=O) groups is 1. The van der Waals surface area contributed by atoms with E-state index in [1.54, 1.807) is 11.7 Å². The van der Waals surface area contributed by atoms with Gasteiger partial charge in [0.2, 0.25) is 0 Å². The van der Waals surface area contributed by atoms with E-state index in [-0.39, 0.29) is 0 Å². The number of amides is 1. The molecule has 0 bridgehead atoms. The van der Waals surface area contributed by atoms with Crippen molar-refractivity contribution in [2.75, 3.05) is 27.2 Å². The average Bonchev–Trinajstić information content (AvgIpc) is 2.59. The molecule has 25 heavy (non-hydrogen) atoms. The zero-order valence-corrected chi connectivity index (χ0v) is 15.6. The second-order valence-electron chi connectivity index (χ2n) is 8.11. The van der Waals surface area contributed by atoms with Gasteiger partial charge >= 0.3 is 0 Å². The van der Waals surface area contributed by atoms with Gasteiger partial charge < -0.3 is 4.90 Å². The Labute approximate surface area is 150 Å². The molecule has 1 aliphatic heterocycles. The lowest BCUT2D eigenvalue weighted by Crippen LogP contribution is -2.55. The number of pyridine rings is 1. The Morgan fingerprint density at radius 2 is 2.32 bits per heavy atom. The molecule has 6 heteroatoms. The second-order valence-corrected chi connectivity index (χ2v) is 8.11. The van der Waals surface area contributed by atoms with Crippen LogP contribution < -0.4 is 5.48 Å². The number of hydroxylamine groups is 1. The summed E-state index contributed by atoms with van der Waals surface area (Å²) in [5.74, 6) is -0.495. The average molecular weight is 346 g/mol. The Hall–Kier alpha value is -1.50. The molecular weight excluding hydrogens is 316 g/mol. The molecule has 2 aliphatic rings. The third kappa shape index (κ3) is 3.86. The first-order chi connectivity index (χ1) is 11.9. The zero-order valence-electron chi connectivity index (χ0n) is 15.6. The molecule has 138 valence electrons. The largest absolute Gasteiger partial charge is 0.309 e. The number of rotatable bonds is 6. The van der Waals surface area contributed by atoms with E-state index in [1.165, 1.54) is 25.7 Å². The molecule has 3 rings (SSSR count). The van der Waals surface area contributed by atoms with Crippen LogP contribution in [0.5, 0.6) is 0 Å². The monoisotopic (exact) mass is 346 g/mol. The highest BCUT2D eigenvalue weighted by atomic mass is 16.5. The third-order valence-electron chi connectivity index (χ3n) is 6.03. The fourth-order valence-corrected chi connectivity index (χ4v) is 4.37. The van der Waals surface area contributed by atoms with Crippen molar-refractivity contribution in [2.24, 2.45) is 5.41 Å². The minimum absolute atomic E-state index is 0.421. The number of nitrogens with one attached hydrogen (secondary N) is 1. The number of nitrogens with zero attached hydrogens (tertiary/aromatic N) is 3. The molecule has 1 fully saturated rings. The molecule has 2 heterocycles. The van der Waals surface area contributed by atoms with Gasteiger partial charge in [-0.15, -0.1) is 0 Å². The first-order valence-corrected chi connectivity index (χ1v) is 9.24. The van der Waals surface area contributed by atoms with Crippen LogP contribution >= 0.6 is 0 Å². The summed E-state index contributed by atoms with van der Waals surface area (Å²) in [6, 6.07) is 2.51. The molecule has 1 saturated carbocycles. The second kappa shape index (κ2) is 7.40. The minimum atomic E-state index is -0.495. The molecular formula is C19H30N4O2. The van der Waals surface area contributed by atoms with Crippen LogP contribution in [0.1, 0.15) is 54.2 Å². The number of carbonyl (C=O) groups excluding carboxylic acids is 1. The van der Waals surface area contributed by atoms with E-state index in [0.29, 0.717) is 17.0 Å². The van der Waals surface area contributed by atoms with Gasteiger partial charge in [-0.1, -0.05) is 6.92 Å². The molecule has 2 atom stereocenters. The van der Waals surface area contributed by atoms with E-state index in [1.807, 2.05) is 6.07 Å². The maximum Gasteiger partial charge on any atom is 0.276 e. The van der Waals surface area contributed by atoms with Gasteiger partial charge in [-0.3, -0.25) is 19.9 Å². The van der Waals surface area contributed by atoms with E-state index in [4.69, 9.17) is 5.21 Å². The van der Waals surface area contributed by atoms with Crippen LogP contribution in [0.2, 0.25) is 0 Å². The number of fused-ring (bicyclic) bond motifs is 1. The topological polar surface area (TPSA) is 68.7 Å². The van der Waals surface area contributed by atoms with Gasteiger partial charge in [0.25, 0.3) is 5.91 Å². The summed E-state index contributed by atoms with van der Waals surface area (Å²) in [6.45, 7) is 5.48. The maximum absolute atomic E-state index is 11.5. The van der Waals surface area contributed by atoms with Gasteiger partial charge in [-0.2, -0.15) is 0 Å². The van der Waals surface area contributed by atoms with E-state index < -0.39 is 5.91 Å². The highest BCUT2D eigenvalue weighted by Crippen LogP contribution is 2.48. The lowest BCUT2D eigenvalue weighted by Gasteiger charge is -2.54. The smallest absolute Gasteiger partial charge is 0.276 e. The van der Waals surface area contributed by atoms with E-state index in [2.05, 4.69) is 35.8 Å². The Morgan fingerprint density at radius 1 is 1.52 bits per heavy atom. The molecule has 0 saturated heterocycles. The van der Waals surface area contributed by atoms with E-state index in [9.17, 15) is 4.79 Å². The van der Waals surface area contributed by atoms with Crippen LogP contribution in [0.15, 0.2) is 12.3 Å². The van der Waals surface area contributed by atoms with Crippen LogP contribution in [0.4, 0.5) is 0 Å². The van der Waals surface area contributed by atoms with Gasteiger partial charge in [0, 0.05) is 25.3 Å². The molecule has 1 aliphatic carbocycles. The number of aromatic nitrogens is 1. The Balaban J connectivity index is 1.63. The highest BCUT2D eigenvalue weighted by molar-refractivity contribution is 5.93. The van der Waals surface area contributed by atoms with Crippen LogP contribution in [0.25, 0.3) is 0 Å². The molecule has 1 aromatic heterocycles. The standard InChI is InChI=1S/C19H30N4O2/c1-19(7-4-9-22(2)3)8-5-17(19)23-10-6-14-11-15(18(24)21-25)12-20-16(14)13-23/h11-12,17,25H,4-10,13H2,1-3H3,(H,21,24)/t17-,19+/m1/s1. The lowest BCUT2D eigenvalue weighted by atomic mass is 9.62. The Bertz CT molecular complexity index is 634. The summed E-state index contributed by atoms with van der Waals surface area (Å²) in [6.07, 6.45) is 7.60. The van der Waals surface area contributed by atoms with E-state index in [0.717, 1.165) is 37.3 Å². The molecule has 1 amide bonds. The predicted molar refractivity (Wildman–Crippen MR) is 96.5 cm³/mol. The summed E-state index contributed by atoms with van der Waals surface area (Å²) >= 11 is 0. The summed E-state index contributed by atoms with van der Waals surface area (Å²) in [7, 11) is 4.28. The van der Waals surface area contributed by atoms with Crippen LogP contribution in [0.3, 0.4) is 0 Å². The predicted octanol–water partition coefficient (Wildman–Crippen LogP) is 2.07. The van der Waals surface area contributed by atoms with Crippen LogP contribution in [-0.4, -0.2) is 59.1 Å². The fourth-order valence-electron chi connectivity index (χ4n) is 4.37. The molecule has 1 aromatic rings. The molecule has 0 radical (unpaired) electrons. The van der Waals surface area contributed by atoms with Crippen molar-refractivity contribution in [2.45, 2.75) is 51.6 Å². The van der Waals surface area contributed by atoms with Gasteiger partial charge in [0.1, 0.15) is 0 Å². The van der Waals surface area contributed by atoms with Crippen molar-refractivity contribution in [3.63, 3.8) is 0 Å². The van der Waals surface area contributed by atoms with Crippen LogP contribution in [-0.2, 0) is 13.0 Å². The maximum atomic E-state index is 11.5. The fraction of sp³-hybridized carbons (Fsp3) is 0.684. The Kier molecular flexibility index (Phi) is 5.41. The minimum Gasteiger partial charge on any atom is -0.309 e. The molecule has 2 N–H and O–H groups in total. The summed E-state index contributed by atoms with van der Waals surface area (Å²) < 4.78 is 0. The van der Waals surface area contributed by atoms with Gasteiger partial charge in [0.15, 0.2) is 0 Å². The molecule has 0 unspecified atom stereocenters. The number of hydrogen-bond acceptors (Lipinski definition) is 5. The van der Waals surface area contributed by atoms with Gasteiger partial charge in [0.05, 0.1) is 11.3 Å². The molecule has 0 spiro atoms. The number of hydrogen-bond donors (Lipinski definition) is 2. The van der Waals surface area contributed by atoms with Crippen molar-refractivity contribution >= 4 is 5.91 Å². The summed E-state index contributed by atoms with van der Waals surface area (Å²) in [5, 5.41) is 8.77. The SMILES string of the molecule is CN(C)CCC[C@@]1(C)CC[C@H]1N1CCc2cc(C(=O)NO)cnc2C1. The molecule has 6 nitrogen and oxygen atoms in total. The van der Waals surface area contributed by atoms with Crippen LogP contribution in [0, 0.1) is 5.41 Å². The first-order valence-electron chi connectivity index (χ1n) is 9.24. The quantitative estimate of drug-likeness (QED) is 0.610. The summed E-state index contributed by atoms with van der Waals surface area (Å²) in [5.41, 5.74) is 4.73. The highest BCUT2D eigenvalue weighted by Gasteiger charge is 2.45. The van der Waals surface area contributed by atoms with Crippen molar-refractivity contribution in [3.05, 3.63) is 29.1 Å². The van der Waals surface area contributed by atoms with Gasteiger partial charge in [-0.25, -0.2) is 5.48 Å². The van der Waals surface area contributed by atoms with Crippen molar-refractivity contribution < 1.29 is 10.0 Å². The Morgan fingerprint density at radius 3 is 2.96 bits per heavy atom. The molecule has 0 aromatic carbocycles. The normalized spacial score (nSPS) is 26.2. The van der Waals surface area contributed by atoms with Crippen molar-refractivity contribution in [1.82, 2.24) is 20.3 Å². The van der Waals surface area contributed by atoms with E-state index >= 15 is 0 Å². The van der Waals surface area contributed by atoms with Gasteiger partial charge in [-0.05, 0) is 69.8 Å².